The monoisotopic (exact) mass is 247 g/mol. The molecule has 1 aliphatic heterocycles. The second-order valence-corrected chi connectivity index (χ2v) is 3.92. The van der Waals surface area contributed by atoms with Gasteiger partial charge < -0.3 is 19.6 Å². The fourth-order valence-electron chi connectivity index (χ4n) is 1.75. The van der Waals surface area contributed by atoms with Crippen LogP contribution in [0, 0.1) is 0 Å². The van der Waals surface area contributed by atoms with Crippen LogP contribution in [0.15, 0.2) is 22.6 Å². The highest BCUT2D eigenvalue weighted by Crippen LogP contribution is 2.33. The summed E-state index contributed by atoms with van der Waals surface area (Å²) in [4.78, 5) is 0. The second kappa shape index (κ2) is 4.66. The molecule has 3 rings (SSSR count). The number of hydrogen-bond donors (Lipinski definition) is 1. The Morgan fingerprint density at radius 2 is 1.94 bits per heavy atom. The first kappa shape index (κ1) is 11.0. The van der Waals surface area contributed by atoms with Crippen molar-refractivity contribution in [1.29, 1.82) is 0 Å². The molecule has 2 N–H and O–H groups in total. The topological polar surface area (TPSA) is 83.4 Å². The van der Waals surface area contributed by atoms with Crippen LogP contribution in [-0.4, -0.2) is 23.4 Å². The van der Waals surface area contributed by atoms with E-state index in [1.165, 1.54) is 0 Å². The highest BCUT2D eigenvalue weighted by atomic mass is 16.5. The van der Waals surface area contributed by atoms with Crippen molar-refractivity contribution in [2.45, 2.75) is 13.0 Å². The number of nitrogens with two attached hydrogens (primary N) is 1. The van der Waals surface area contributed by atoms with Gasteiger partial charge in [0.1, 0.15) is 0 Å². The lowest BCUT2D eigenvalue weighted by Crippen LogP contribution is -1.97. The highest BCUT2D eigenvalue weighted by molar-refractivity contribution is 5.59. The van der Waals surface area contributed by atoms with Crippen molar-refractivity contribution in [3.8, 4) is 23.0 Å². The number of benzene rings is 1. The minimum atomic E-state index is 0.234. The number of nitrogens with zero attached hydrogens (tertiary/aromatic N) is 2. The van der Waals surface area contributed by atoms with Gasteiger partial charge in [0.05, 0.1) is 19.8 Å². The van der Waals surface area contributed by atoms with E-state index in [0.29, 0.717) is 30.7 Å². The molecule has 2 heterocycles. The van der Waals surface area contributed by atoms with Crippen molar-refractivity contribution in [2.24, 2.45) is 5.73 Å². The molecule has 6 nitrogen and oxygen atoms in total. The Kier molecular flexibility index (Phi) is 2.85. The van der Waals surface area contributed by atoms with Crippen LogP contribution in [0.2, 0.25) is 0 Å². The molecular weight excluding hydrogens is 234 g/mol. The minimum absolute atomic E-state index is 0.234. The fraction of sp³-hybridized carbons (Fsp3) is 0.333. The summed E-state index contributed by atoms with van der Waals surface area (Å²) in [5, 5.41) is 7.76. The molecule has 0 fully saturated rings. The first-order chi connectivity index (χ1) is 8.86. The van der Waals surface area contributed by atoms with Gasteiger partial charge in [-0.2, -0.15) is 0 Å². The lowest BCUT2D eigenvalue weighted by molar-refractivity contribution is 0.297. The predicted octanol–water partition coefficient (Wildman–Crippen LogP) is 1.36. The average Bonchev–Trinajstić information content (AvgIpc) is 2.76. The van der Waals surface area contributed by atoms with Crippen LogP contribution >= 0.6 is 0 Å². The molecule has 0 atom stereocenters. The summed E-state index contributed by atoms with van der Waals surface area (Å²) in [7, 11) is 0. The van der Waals surface area contributed by atoms with E-state index in [1.54, 1.807) is 0 Å². The molecule has 94 valence electrons. The Hall–Kier alpha value is -2.08. The zero-order chi connectivity index (χ0) is 12.4. The van der Waals surface area contributed by atoms with Gasteiger partial charge in [-0.3, -0.25) is 0 Å². The van der Waals surface area contributed by atoms with Gasteiger partial charge in [-0.25, -0.2) is 0 Å². The summed E-state index contributed by atoms with van der Waals surface area (Å²) in [5.74, 6) is 2.30. The van der Waals surface area contributed by atoms with Crippen molar-refractivity contribution < 1.29 is 13.9 Å². The van der Waals surface area contributed by atoms with E-state index in [-0.39, 0.29) is 6.54 Å². The van der Waals surface area contributed by atoms with Gasteiger partial charge >= 0.3 is 0 Å². The third-order valence-electron chi connectivity index (χ3n) is 2.64. The molecule has 1 aliphatic rings. The van der Waals surface area contributed by atoms with Crippen LogP contribution in [0.4, 0.5) is 0 Å². The summed E-state index contributed by atoms with van der Waals surface area (Å²) in [6, 6.07) is 5.55. The average molecular weight is 247 g/mol. The first-order valence-electron chi connectivity index (χ1n) is 5.79. The number of ether oxygens (including phenoxy) is 2. The van der Waals surface area contributed by atoms with Gasteiger partial charge in [-0.1, -0.05) is 0 Å². The van der Waals surface area contributed by atoms with Crippen LogP contribution in [0.1, 0.15) is 12.3 Å². The molecule has 0 radical (unpaired) electrons. The summed E-state index contributed by atoms with van der Waals surface area (Å²) in [6.07, 6.45) is 0.877. The molecule has 0 unspecified atom stereocenters. The Morgan fingerprint density at radius 1 is 1.11 bits per heavy atom. The summed E-state index contributed by atoms with van der Waals surface area (Å²) in [6.45, 7) is 1.55. The van der Waals surface area contributed by atoms with Crippen LogP contribution in [0.25, 0.3) is 11.5 Å². The van der Waals surface area contributed by atoms with Gasteiger partial charge in [-0.05, 0) is 18.2 Å². The maximum Gasteiger partial charge on any atom is 0.247 e. The summed E-state index contributed by atoms with van der Waals surface area (Å²) in [5.41, 5.74) is 6.23. The quantitative estimate of drug-likeness (QED) is 0.862. The van der Waals surface area contributed by atoms with Gasteiger partial charge in [0.25, 0.3) is 0 Å². The van der Waals surface area contributed by atoms with Crippen LogP contribution < -0.4 is 15.2 Å². The predicted molar refractivity (Wildman–Crippen MR) is 63.2 cm³/mol. The zero-order valence-corrected chi connectivity index (χ0v) is 9.76. The van der Waals surface area contributed by atoms with Crippen LogP contribution in [-0.2, 0) is 6.54 Å². The number of aromatic nitrogens is 2. The molecule has 0 bridgehead atoms. The normalized spacial score (nSPS) is 14.3. The van der Waals surface area contributed by atoms with E-state index < -0.39 is 0 Å². The van der Waals surface area contributed by atoms with Gasteiger partial charge in [0.15, 0.2) is 11.5 Å². The van der Waals surface area contributed by atoms with E-state index in [4.69, 9.17) is 19.6 Å². The maximum absolute atomic E-state index is 5.60. The Balaban J connectivity index is 1.95. The van der Waals surface area contributed by atoms with E-state index in [1.807, 2.05) is 18.2 Å². The maximum atomic E-state index is 5.60. The first-order valence-corrected chi connectivity index (χ1v) is 5.79. The summed E-state index contributed by atoms with van der Waals surface area (Å²) >= 11 is 0. The highest BCUT2D eigenvalue weighted by Gasteiger charge is 2.14. The molecular formula is C12H13N3O3. The van der Waals surface area contributed by atoms with Gasteiger partial charge in [0.2, 0.25) is 11.8 Å². The van der Waals surface area contributed by atoms with Crippen molar-refractivity contribution in [1.82, 2.24) is 10.2 Å². The largest absolute Gasteiger partial charge is 0.490 e. The van der Waals surface area contributed by atoms with Crippen molar-refractivity contribution in [2.75, 3.05) is 13.2 Å². The van der Waals surface area contributed by atoms with Crippen LogP contribution in [0.3, 0.4) is 0 Å². The molecule has 0 aliphatic carbocycles. The fourth-order valence-corrected chi connectivity index (χ4v) is 1.75. The van der Waals surface area contributed by atoms with Crippen molar-refractivity contribution in [3.63, 3.8) is 0 Å². The van der Waals surface area contributed by atoms with Crippen LogP contribution in [0.5, 0.6) is 11.5 Å². The number of hydrogen-bond acceptors (Lipinski definition) is 6. The minimum Gasteiger partial charge on any atom is -0.490 e. The molecule has 6 heteroatoms. The van der Waals surface area contributed by atoms with Gasteiger partial charge in [-0.15, -0.1) is 10.2 Å². The number of rotatable bonds is 2. The molecule has 1 aromatic carbocycles. The Bertz CT molecular complexity index is 553. The lowest BCUT2D eigenvalue weighted by atomic mass is 10.2. The Labute approximate surface area is 104 Å². The third-order valence-corrected chi connectivity index (χ3v) is 2.64. The second-order valence-electron chi connectivity index (χ2n) is 3.92. The molecule has 18 heavy (non-hydrogen) atoms. The molecule has 0 amide bonds. The molecule has 0 saturated heterocycles. The molecule has 0 saturated carbocycles. The third kappa shape index (κ3) is 2.02. The molecule has 2 aromatic rings. The van der Waals surface area contributed by atoms with Crippen molar-refractivity contribution in [3.05, 3.63) is 24.1 Å². The number of fused-ring (bicyclic) bond motifs is 1. The van der Waals surface area contributed by atoms with E-state index >= 15 is 0 Å². The van der Waals surface area contributed by atoms with Gasteiger partial charge in [0, 0.05) is 12.0 Å². The SMILES string of the molecule is NCc1nnc(-c2ccc3c(c2)OCCCO3)o1. The van der Waals surface area contributed by atoms with E-state index in [2.05, 4.69) is 10.2 Å². The Morgan fingerprint density at radius 3 is 2.72 bits per heavy atom. The van der Waals surface area contributed by atoms with E-state index in [9.17, 15) is 0 Å². The van der Waals surface area contributed by atoms with Crippen molar-refractivity contribution >= 4 is 0 Å². The zero-order valence-electron chi connectivity index (χ0n) is 9.76. The molecule has 1 aromatic heterocycles. The lowest BCUT2D eigenvalue weighted by Gasteiger charge is -2.07. The molecule has 0 spiro atoms. The smallest absolute Gasteiger partial charge is 0.247 e. The standard InChI is InChI=1S/C12H13N3O3/c13-7-11-14-15-12(18-11)8-2-3-9-10(6-8)17-5-1-4-16-9/h2-3,6H,1,4-5,7,13H2. The van der Waals surface area contributed by atoms with E-state index in [0.717, 1.165) is 17.7 Å². The summed E-state index contributed by atoms with van der Waals surface area (Å²) < 4.78 is 16.6.